The molecule has 6 nitrogen and oxygen atoms in total. The Bertz CT molecular complexity index is 472. The Hall–Kier alpha value is -1.79. The van der Waals surface area contributed by atoms with Crippen molar-refractivity contribution < 1.29 is 19.0 Å². The van der Waals surface area contributed by atoms with Crippen LogP contribution in [-0.4, -0.2) is 63.4 Å². The van der Waals surface area contributed by atoms with Crippen molar-refractivity contribution >= 4 is 5.91 Å². The van der Waals surface area contributed by atoms with E-state index in [1.165, 1.54) is 0 Å². The molecule has 1 aliphatic heterocycles. The van der Waals surface area contributed by atoms with Gasteiger partial charge in [0.05, 0.1) is 20.3 Å². The van der Waals surface area contributed by atoms with E-state index in [1.54, 1.807) is 26.2 Å². The lowest BCUT2D eigenvalue weighted by atomic mass is 10.3. The Kier molecular flexibility index (Phi) is 7.16. The van der Waals surface area contributed by atoms with Crippen LogP contribution < -0.4 is 14.8 Å². The topological polar surface area (TPSA) is 60.0 Å². The molecule has 1 heterocycles. The van der Waals surface area contributed by atoms with Gasteiger partial charge in [-0.2, -0.15) is 0 Å². The molecule has 0 saturated carbocycles. The van der Waals surface area contributed by atoms with Crippen LogP contribution >= 0.6 is 0 Å². The lowest BCUT2D eigenvalue weighted by Crippen LogP contribution is -2.40. The number of morpholine rings is 1. The number of benzene rings is 1. The van der Waals surface area contributed by atoms with Crippen LogP contribution in [0.15, 0.2) is 24.3 Å². The summed E-state index contributed by atoms with van der Waals surface area (Å²) >= 11 is 0. The zero-order valence-electron chi connectivity index (χ0n) is 13.9. The number of methoxy groups -OCH3 is 1. The highest BCUT2D eigenvalue weighted by Crippen LogP contribution is 2.18. The molecule has 23 heavy (non-hydrogen) atoms. The van der Waals surface area contributed by atoms with Crippen molar-refractivity contribution in [3.8, 4) is 11.5 Å². The minimum Gasteiger partial charge on any atom is -0.497 e. The Balaban J connectivity index is 1.63. The summed E-state index contributed by atoms with van der Waals surface area (Å²) in [6.45, 7) is 6.96. The molecule has 0 aromatic heterocycles. The predicted molar refractivity (Wildman–Crippen MR) is 88.0 cm³/mol. The molecular formula is C17H26N2O4. The molecule has 1 saturated heterocycles. The van der Waals surface area contributed by atoms with Gasteiger partial charge in [-0.25, -0.2) is 0 Å². The Labute approximate surface area is 137 Å². The largest absolute Gasteiger partial charge is 0.497 e. The van der Waals surface area contributed by atoms with Crippen LogP contribution in [0, 0.1) is 0 Å². The second-order valence-electron chi connectivity index (χ2n) is 5.53. The van der Waals surface area contributed by atoms with Crippen LogP contribution in [0.25, 0.3) is 0 Å². The van der Waals surface area contributed by atoms with Crippen molar-refractivity contribution in [2.24, 2.45) is 0 Å². The van der Waals surface area contributed by atoms with E-state index >= 15 is 0 Å². The van der Waals surface area contributed by atoms with Crippen LogP contribution in [0.3, 0.4) is 0 Å². The van der Waals surface area contributed by atoms with Gasteiger partial charge < -0.3 is 19.5 Å². The summed E-state index contributed by atoms with van der Waals surface area (Å²) in [4.78, 5) is 14.4. The molecule has 1 aromatic carbocycles. The molecule has 0 radical (unpaired) electrons. The first kappa shape index (κ1) is 17.6. The first-order valence-corrected chi connectivity index (χ1v) is 8.07. The van der Waals surface area contributed by atoms with Gasteiger partial charge in [-0.3, -0.25) is 9.69 Å². The van der Waals surface area contributed by atoms with Gasteiger partial charge in [0.15, 0.2) is 6.10 Å². The van der Waals surface area contributed by atoms with Gasteiger partial charge in [-0.1, -0.05) is 0 Å². The molecule has 2 rings (SSSR count). The highest BCUT2D eigenvalue weighted by Gasteiger charge is 2.14. The standard InChI is InChI=1S/C17H26N2O4/c1-14(23-16-6-4-15(21-2)5-7-16)17(20)18-8-3-9-19-10-12-22-13-11-19/h4-7,14H,3,8-13H2,1-2H3,(H,18,20). The lowest BCUT2D eigenvalue weighted by Gasteiger charge is -2.26. The molecule has 1 unspecified atom stereocenters. The molecule has 1 N–H and O–H groups in total. The molecule has 128 valence electrons. The average Bonchev–Trinajstić information content (AvgIpc) is 2.60. The van der Waals surface area contributed by atoms with Gasteiger partial charge in [-0.15, -0.1) is 0 Å². The van der Waals surface area contributed by atoms with Gasteiger partial charge in [0, 0.05) is 19.6 Å². The SMILES string of the molecule is COc1ccc(OC(C)C(=O)NCCCN2CCOCC2)cc1. The number of rotatable bonds is 8. The number of hydrogen-bond acceptors (Lipinski definition) is 5. The molecule has 1 atom stereocenters. The number of ether oxygens (including phenoxy) is 3. The fourth-order valence-corrected chi connectivity index (χ4v) is 2.39. The van der Waals surface area contributed by atoms with E-state index < -0.39 is 6.10 Å². The van der Waals surface area contributed by atoms with Crippen molar-refractivity contribution in [1.29, 1.82) is 0 Å². The normalized spacial score (nSPS) is 16.6. The molecule has 0 bridgehead atoms. The average molecular weight is 322 g/mol. The zero-order valence-corrected chi connectivity index (χ0v) is 13.9. The molecule has 1 aromatic rings. The van der Waals surface area contributed by atoms with Crippen LogP contribution in [0.4, 0.5) is 0 Å². The molecule has 0 aliphatic carbocycles. The quantitative estimate of drug-likeness (QED) is 0.731. The first-order valence-electron chi connectivity index (χ1n) is 8.07. The molecule has 1 amide bonds. The summed E-state index contributed by atoms with van der Waals surface area (Å²) in [6, 6.07) is 7.20. The number of carbonyl (C=O) groups excluding carboxylic acids is 1. The van der Waals surface area contributed by atoms with Crippen molar-refractivity contribution in [3.63, 3.8) is 0 Å². The van der Waals surface area contributed by atoms with Crippen LogP contribution in [-0.2, 0) is 9.53 Å². The Morgan fingerprint density at radius 3 is 2.57 bits per heavy atom. The van der Waals surface area contributed by atoms with E-state index in [2.05, 4.69) is 10.2 Å². The highest BCUT2D eigenvalue weighted by molar-refractivity contribution is 5.80. The number of carbonyl (C=O) groups is 1. The Morgan fingerprint density at radius 1 is 1.26 bits per heavy atom. The summed E-state index contributed by atoms with van der Waals surface area (Å²) in [7, 11) is 1.61. The second kappa shape index (κ2) is 9.37. The zero-order chi connectivity index (χ0) is 16.5. The van der Waals surface area contributed by atoms with E-state index in [1.807, 2.05) is 12.1 Å². The van der Waals surface area contributed by atoms with Crippen LogP contribution in [0.1, 0.15) is 13.3 Å². The monoisotopic (exact) mass is 322 g/mol. The highest BCUT2D eigenvalue weighted by atomic mass is 16.5. The first-order chi connectivity index (χ1) is 11.2. The number of amides is 1. The summed E-state index contributed by atoms with van der Waals surface area (Å²) in [5, 5.41) is 2.92. The third-order valence-electron chi connectivity index (χ3n) is 3.80. The molecule has 1 fully saturated rings. The third-order valence-corrected chi connectivity index (χ3v) is 3.80. The van der Waals surface area contributed by atoms with Crippen LogP contribution in [0.2, 0.25) is 0 Å². The fraction of sp³-hybridized carbons (Fsp3) is 0.588. The van der Waals surface area contributed by atoms with E-state index in [4.69, 9.17) is 14.2 Å². The summed E-state index contributed by atoms with van der Waals surface area (Å²) in [5.74, 6) is 1.32. The van der Waals surface area contributed by atoms with Gasteiger partial charge in [0.2, 0.25) is 0 Å². The van der Waals surface area contributed by atoms with E-state index in [0.29, 0.717) is 12.3 Å². The summed E-state index contributed by atoms with van der Waals surface area (Å²) < 4.78 is 16.0. The van der Waals surface area contributed by atoms with Gasteiger partial charge in [-0.05, 0) is 44.2 Å². The molecule has 0 spiro atoms. The summed E-state index contributed by atoms with van der Waals surface area (Å²) in [6.07, 6.45) is 0.410. The van der Waals surface area contributed by atoms with E-state index in [9.17, 15) is 4.79 Å². The van der Waals surface area contributed by atoms with Crippen molar-refractivity contribution in [1.82, 2.24) is 10.2 Å². The Morgan fingerprint density at radius 2 is 1.91 bits per heavy atom. The lowest BCUT2D eigenvalue weighted by molar-refractivity contribution is -0.127. The van der Waals surface area contributed by atoms with Gasteiger partial charge in [0.1, 0.15) is 11.5 Å². The molecule has 1 aliphatic rings. The maximum atomic E-state index is 12.0. The maximum absolute atomic E-state index is 12.0. The van der Waals surface area contributed by atoms with E-state index in [-0.39, 0.29) is 5.91 Å². The number of hydrogen-bond donors (Lipinski definition) is 1. The fourth-order valence-electron chi connectivity index (χ4n) is 2.39. The van der Waals surface area contributed by atoms with Crippen molar-refractivity contribution in [2.75, 3.05) is 46.5 Å². The predicted octanol–water partition coefficient (Wildman–Crippen LogP) is 1.30. The van der Waals surface area contributed by atoms with E-state index in [0.717, 1.165) is 45.0 Å². The molecular weight excluding hydrogens is 296 g/mol. The number of nitrogens with one attached hydrogen (secondary N) is 1. The van der Waals surface area contributed by atoms with Crippen LogP contribution in [0.5, 0.6) is 11.5 Å². The van der Waals surface area contributed by atoms with Crippen molar-refractivity contribution in [2.45, 2.75) is 19.4 Å². The second-order valence-corrected chi connectivity index (χ2v) is 5.53. The van der Waals surface area contributed by atoms with Crippen molar-refractivity contribution in [3.05, 3.63) is 24.3 Å². The van der Waals surface area contributed by atoms with Gasteiger partial charge >= 0.3 is 0 Å². The smallest absolute Gasteiger partial charge is 0.260 e. The summed E-state index contributed by atoms with van der Waals surface area (Å²) in [5.41, 5.74) is 0. The third kappa shape index (κ3) is 6.08. The number of nitrogens with zero attached hydrogens (tertiary/aromatic N) is 1. The minimum absolute atomic E-state index is 0.0946. The maximum Gasteiger partial charge on any atom is 0.260 e. The van der Waals surface area contributed by atoms with Gasteiger partial charge in [0.25, 0.3) is 5.91 Å². The molecule has 6 heteroatoms. The minimum atomic E-state index is -0.521.